The van der Waals surface area contributed by atoms with E-state index in [0.29, 0.717) is 11.4 Å². The first kappa shape index (κ1) is 13.3. The lowest BCUT2D eigenvalue weighted by atomic mass is 10.1. The molecule has 6 heteroatoms. The van der Waals surface area contributed by atoms with Crippen LogP contribution in [0.2, 0.25) is 0 Å². The van der Waals surface area contributed by atoms with Gasteiger partial charge in [0.05, 0.1) is 28.1 Å². The van der Waals surface area contributed by atoms with Gasteiger partial charge in [-0.3, -0.25) is 0 Å². The number of aromatic amines is 1. The van der Waals surface area contributed by atoms with Crippen LogP contribution in [0.3, 0.4) is 0 Å². The molecular weight excluding hydrogens is 264 g/mol. The lowest BCUT2D eigenvalue weighted by molar-refractivity contribution is 0.495. The Kier molecular flexibility index (Phi) is 3.15. The largest absolute Gasteiger partial charge is 0.397 e. The summed E-state index contributed by atoms with van der Waals surface area (Å²) in [7, 11) is 3.89. The summed E-state index contributed by atoms with van der Waals surface area (Å²) in [6, 6.07) is 11.5. The third kappa shape index (κ3) is 2.61. The smallest absolute Gasteiger partial charge is 0.138 e. The van der Waals surface area contributed by atoms with Crippen LogP contribution < -0.4 is 16.9 Å². The molecule has 0 saturated heterocycles. The van der Waals surface area contributed by atoms with Crippen molar-refractivity contribution in [3.63, 3.8) is 0 Å². The maximum atomic E-state index is 5.85. The molecule has 6 N–H and O–H groups in total. The number of nitrogens with two attached hydrogens (primary N) is 2. The van der Waals surface area contributed by atoms with E-state index in [-0.39, 0.29) is 0 Å². The number of hydrogen-bond donors (Lipinski definition) is 4. The first-order valence-corrected chi connectivity index (χ1v) is 6.62. The predicted molar refractivity (Wildman–Crippen MR) is 87.7 cm³/mol. The minimum atomic E-state index is 0.558. The molecule has 0 aliphatic rings. The molecule has 6 nitrogen and oxygen atoms in total. The number of benzene rings is 2. The second-order valence-electron chi connectivity index (χ2n) is 5.17. The Morgan fingerprint density at radius 1 is 1.05 bits per heavy atom. The van der Waals surface area contributed by atoms with E-state index < -0.39 is 0 Å². The first-order chi connectivity index (χ1) is 10.0. The third-order valence-electron chi connectivity index (χ3n) is 3.19. The van der Waals surface area contributed by atoms with E-state index >= 15 is 0 Å². The fourth-order valence-corrected chi connectivity index (χ4v) is 2.20. The number of nitrogens with zero attached hydrogens (tertiary/aromatic N) is 2. The molecular formula is C15H18N6. The van der Waals surface area contributed by atoms with E-state index in [9.17, 15) is 0 Å². The minimum Gasteiger partial charge on any atom is -0.397 e. The molecule has 0 fully saturated rings. The standard InChI is InChI=1S/C15H18N6/c1-21(2)20-10-4-6-13-14(8-10)19-15(18-13)9-3-5-11(16)12(17)7-9/h3-8,20H,16-17H2,1-2H3,(H,18,19). The zero-order chi connectivity index (χ0) is 15.0. The summed E-state index contributed by atoms with van der Waals surface area (Å²) in [5.41, 5.74) is 19.7. The highest BCUT2D eigenvalue weighted by Crippen LogP contribution is 2.26. The number of hydrogen-bond acceptors (Lipinski definition) is 5. The van der Waals surface area contributed by atoms with E-state index in [0.717, 1.165) is 28.1 Å². The predicted octanol–water partition coefficient (Wildman–Crippen LogP) is 2.28. The van der Waals surface area contributed by atoms with Crippen molar-refractivity contribution in [2.75, 3.05) is 31.0 Å². The Morgan fingerprint density at radius 2 is 1.86 bits per heavy atom. The van der Waals surface area contributed by atoms with Gasteiger partial charge in [0.1, 0.15) is 5.82 Å². The molecule has 0 amide bonds. The average molecular weight is 282 g/mol. The van der Waals surface area contributed by atoms with Gasteiger partial charge in [0.15, 0.2) is 0 Å². The van der Waals surface area contributed by atoms with Crippen LogP contribution >= 0.6 is 0 Å². The molecule has 0 aliphatic heterocycles. The lowest BCUT2D eigenvalue weighted by Crippen LogP contribution is -2.19. The van der Waals surface area contributed by atoms with E-state index in [2.05, 4.69) is 15.4 Å². The Labute approximate surface area is 122 Å². The minimum absolute atomic E-state index is 0.558. The number of hydrazine groups is 1. The van der Waals surface area contributed by atoms with Gasteiger partial charge in [-0.25, -0.2) is 9.99 Å². The number of nitrogens with one attached hydrogen (secondary N) is 2. The second-order valence-corrected chi connectivity index (χ2v) is 5.17. The van der Waals surface area contributed by atoms with E-state index in [1.165, 1.54) is 0 Å². The van der Waals surface area contributed by atoms with E-state index in [1.807, 2.05) is 49.4 Å². The van der Waals surface area contributed by atoms with Crippen molar-refractivity contribution in [3.05, 3.63) is 36.4 Å². The van der Waals surface area contributed by atoms with Crippen molar-refractivity contribution in [2.45, 2.75) is 0 Å². The monoisotopic (exact) mass is 282 g/mol. The topological polar surface area (TPSA) is 96.0 Å². The van der Waals surface area contributed by atoms with Crippen molar-refractivity contribution in [2.24, 2.45) is 0 Å². The van der Waals surface area contributed by atoms with Crippen molar-refractivity contribution in [1.82, 2.24) is 15.0 Å². The molecule has 2 aromatic carbocycles. The van der Waals surface area contributed by atoms with Gasteiger partial charge in [-0.15, -0.1) is 0 Å². The van der Waals surface area contributed by atoms with Crippen LogP contribution in [0.15, 0.2) is 36.4 Å². The number of H-pyrrole nitrogens is 1. The molecule has 0 saturated carbocycles. The highest BCUT2D eigenvalue weighted by Gasteiger charge is 2.07. The van der Waals surface area contributed by atoms with Gasteiger partial charge in [0.25, 0.3) is 0 Å². The van der Waals surface area contributed by atoms with Crippen LogP contribution in [0.5, 0.6) is 0 Å². The Morgan fingerprint density at radius 3 is 2.57 bits per heavy atom. The van der Waals surface area contributed by atoms with Crippen LogP contribution in [-0.4, -0.2) is 29.1 Å². The van der Waals surface area contributed by atoms with Crippen molar-refractivity contribution < 1.29 is 0 Å². The number of imidazole rings is 1. The molecule has 0 atom stereocenters. The fourth-order valence-electron chi connectivity index (χ4n) is 2.20. The van der Waals surface area contributed by atoms with Gasteiger partial charge < -0.3 is 21.9 Å². The highest BCUT2D eigenvalue weighted by atomic mass is 15.5. The Bertz CT molecular complexity index is 790. The normalized spacial score (nSPS) is 11.2. The van der Waals surface area contributed by atoms with E-state index in [1.54, 1.807) is 6.07 Å². The summed E-state index contributed by atoms with van der Waals surface area (Å²) < 4.78 is 0. The molecule has 0 unspecified atom stereocenters. The van der Waals surface area contributed by atoms with Crippen molar-refractivity contribution in [1.29, 1.82) is 0 Å². The maximum absolute atomic E-state index is 5.85. The van der Waals surface area contributed by atoms with Gasteiger partial charge in [-0.2, -0.15) is 0 Å². The maximum Gasteiger partial charge on any atom is 0.138 e. The number of aromatic nitrogens is 2. The molecule has 1 aromatic heterocycles. The molecule has 3 aromatic rings. The Balaban J connectivity index is 2.02. The molecule has 21 heavy (non-hydrogen) atoms. The van der Waals surface area contributed by atoms with Gasteiger partial charge in [0.2, 0.25) is 0 Å². The van der Waals surface area contributed by atoms with Crippen LogP contribution in [0, 0.1) is 0 Å². The summed E-state index contributed by atoms with van der Waals surface area (Å²) >= 11 is 0. The third-order valence-corrected chi connectivity index (χ3v) is 3.19. The Hall–Kier alpha value is -2.73. The number of rotatable bonds is 3. The van der Waals surface area contributed by atoms with Gasteiger partial charge in [-0.1, -0.05) is 0 Å². The average Bonchev–Trinajstić information content (AvgIpc) is 2.84. The number of fused-ring (bicyclic) bond motifs is 1. The molecule has 3 rings (SSSR count). The van der Waals surface area contributed by atoms with Crippen LogP contribution in [-0.2, 0) is 0 Å². The summed E-state index contributed by atoms with van der Waals surface area (Å²) in [6.45, 7) is 0. The lowest BCUT2D eigenvalue weighted by Gasteiger charge is -2.12. The molecule has 0 spiro atoms. The summed E-state index contributed by atoms with van der Waals surface area (Å²) in [6.07, 6.45) is 0. The quantitative estimate of drug-likeness (QED) is 0.436. The molecule has 1 heterocycles. The van der Waals surface area contributed by atoms with Crippen LogP contribution in [0.4, 0.5) is 17.1 Å². The summed E-state index contributed by atoms with van der Waals surface area (Å²) in [5, 5.41) is 1.89. The number of nitrogen functional groups attached to an aromatic ring is 2. The van der Waals surface area contributed by atoms with Crippen LogP contribution in [0.25, 0.3) is 22.4 Å². The number of anilines is 3. The first-order valence-electron chi connectivity index (χ1n) is 6.62. The summed E-state index contributed by atoms with van der Waals surface area (Å²) in [4.78, 5) is 7.89. The van der Waals surface area contributed by atoms with Gasteiger partial charge in [0, 0.05) is 19.7 Å². The van der Waals surface area contributed by atoms with Crippen molar-refractivity contribution in [3.8, 4) is 11.4 Å². The van der Waals surface area contributed by atoms with E-state index in [4.69, 9.17) is 11.5 Å². The second kappa shape index (κ2) is 4.99. The molecule has 108 valence electrons. The van der Waals surface area contributed by atoms with Crippen molar-refractivity contribution >= 4 is 28.1 Å². The fraction of sp³-hybridized carbons (Fsp3) is 0.133. The van der Waals surface area contributed by atoms with Gasteiger partial charge >= 0.3 is 0 Å². The molecule has 0 radical (unpaired) electrons. The SMILES string of the molecule is CN(C)Nc1ccc2nc(-c3ccc(N)c(N)c3)[nH]c2c1. The van der Waals surface area contributed by atoms with Gasteiger partial charge in [-0.05, 0) is 36.4 Å². The zero-order valence-corrected chi connectivity index (χ0v) is 12.0. The highest BCUT2D eigenvalue weighted by molar-refractivity contribution is 5.83. The van der Waals surface area contributed by atoms with Crippen LogP contribution in [0.1, 0.15) is 0 Å². The zero-order valence-electron chi connectivity index (χ0n) is 12.0. The molecule has 0 aliphatic carbocycles. The summed E-state index contributed by atoms with van der Waals surface area (Å²) in [5.74, 6) is 0.777. The molecule has 0 bridgehead atoms.